The number of nitrogens with two attached hydrogens (primary N) is 1. The lowest BCUT2D eigenvalue weighted by Gasteiger charge is -2.13. The van der Waals surface area contributed by atoms with Crippen molar-refractivity contribution in [3.63, 3.8) is 0 Å². The molecule has 0 aliphatic carbocycles. The summed E-state index contributed by atoms with van der Waals surface area (Å²) >= 11 is 9.37. The molecule has 0 spiro atoms. The predicted octanol–water partition coefficient (Wildman–Crippen LogP) is 4.68. The molecule has 0 saturated carbocycles. The van der Waals surface area contributed by atoms with Gasteiger partial charge in [0.1, 0.15) is 0 Å². The lowest BCUT2D eigenvalue weighted by molar-refractivity contribution is 0.580. The lowest BCUT2D eigenvalue weighted by Crippen LogP contribution is -2.10. The third kappa shape index (κ3) is 4.13. The SMILES string of the molecule is CCCCC[C@@H](N)c1ccc(Cl)cc1Br. The summed E-state index contributed by atoms with van der Waals surface area (Å²) in [7, 11) is 0. The molecule has 0 heterocycles. The van der Waals surface area contributed by atoms with E-state index in [2.05, 4.69) is 22.9 Å². The van der Waals surface area contributed by atoms with E-state index in [1.165, 1.54) is 19.3 Å². The van der Waals surface area contributed by atoms with Crippen LogP contribution >= 0.6 is 27.5 Å². The first-order valence-corrected chi connectivity index (χ1v) is 6.52. The largest absolute Gasteiger partial charge is 0.324 e. The van der Waals surface area contributed by atoms with Crippen molar-refractivity contribution in [1.82, 2.24) is 0 Å². The van der Waals surface area contributed by atoms with E-state index in [0.717, 1.165) is 21.5 Å². The third-order valence-corrected chi connectivity index (χ3v) is 3.40. The van der Waals surface area contributed by atoms with Crippen LogP contribution in [0.15, 0.2) is 22.7 Å². The molecule has 0 fully saturated rings. The van der Waals surface area contributed by atoms with Gasteiger partial charge in [-0.15, -0.1) is 0 Å². The highest BCUT2D eigenvalue weighted by Gasteiger charge is 2.09. The van der Waals surface area contributed by atoms with E-state index >= 15 is 0 Å². The second-order valence-electron chi connectivity index (χ2n) is 3.77. The maximum atomic E-state index is 6.11. The zero-order chi connectivity index (χ0) is 11.3. The van der Waals surface area contributed by atoms with Crippen LogP contribution in [0.5, 0.6) is 0 Å². The maximum absolute atomic E-state index is 6.11. The molecule has 1 atom stereocenters. The Bertz CT molecular complexity index is 314. The van der Waals surface area contributed by atoms with Crippen molar-refractivity contribution in [2.75, 3.05) is 0 Å². The molecule has 0 aliphatic rings. The molecule has 15 heavy (non-hydrogen) atoms. The molecule has 0 unspecified atom stereocenters. The predicted molar refractivity (Wildman–Crippen MR) is 70.2 cm³/mol. The average molecular weight is 291 g/mol. The summed E-state index contributed by atoms with van der Waals surface area (Å²) in [5.74, 6) is 0. The molecule has 1 rings (SSSR count). The van der Waals surface area contributed by atoms with E-state index in [1.807, 2.05) is 18.2 Å². The molecular formula is C12H17BrClN. The van der Waals surface area contributed by atoms with Crippen LogP contribution in [0.2, 0.25) is 5.02 Å². The van der Waals surface area contributed by atoms with Gasteiger partial charge in [-0.05, 0) is 24.1 Å². The third-order valence-electron chi connectivity index (χ3n) is 2.48. The van der Waals surface area contributed by atoms with E-state index in [1.54, 1.807) is 0 Å². The highest BCUT2D eigenvalue weighted by molar-refractivity contribution is 9.10. The Morgan fingerprint density at radius 1 is 1.40 bits per heavy atom. The molecule has 3 heteroatoms. The van der Waals surface area contributed by atoms with Gasteiger partial charge in [-0.3, -0.25) is 0 Å². The normalized spacial score (nSPS) is 12.8. The maximum Gasteiger partial charge on any atom is 0.0417 e. The van der Waals surface area contributed by atoms with Crippen molar-refractivity contribution in [2.24, 2.45) is 5.73 Å². The van der Waals surface area contributed by atoms with Gasteiger partial charge < -0.3 is 5.73 Å². The van der Waals surface area contributed by atoms with Gasteiger partial charge in [-0.25, -0.2) is 0 Å². The highest BCUT2D eigenvalue weighted by atomic mass is 79.9. The van der Waals surface area contributed by atoms with Crippen LogP contribution in [0.25, 0.3) is 0 Å². The van der Waals surface area contributed by atoms with Crippen LogP contribution in [0.4, 0.5) is 0 Å². The van der Waals surface area contributed by atoms with E-state index < -0.39 is 0 Å². The zero-order valence-corrected chi connectivity index (χ0v) is 11.3. The van der Waals surface area contributed by atoms with Crippen molar-refractivity contribution in [1.29, 1.82) is 0 Å². The highest BCUT2D eigenvalue weighted by Crippen LogP contribution is 2.28. The Kier molecular flexibility index (Phi) is 5.65. The first-order valence-electron chi connectivity index (χ1n) is 5.35. The Labute approximate surface area is 105 Å². The minimum absolute atomic E-state index is 0.114. The molecule has 2 N–H and O–H groups in total. The molecule has 0 bridgehead atoms. The topological polar surface area (TPSA) is 26.0 Å². The first kappa shape index (κ1) is 13.0. The fraction of sp³-hybridized carbons (Fsp3) is 0.500. The van der Waals surface area contributed by atoms with Crippen LogP contribution in [-0.4, -0.2) is 0 Å². The van der Waals surface area contributed by atoms with Gasteiger partial charge in [0.15, 0.2) is 0 Å². The molecular weight excluding hydrogens is 273 g/mol. The number of rotatable bonds is 5. The molecule has 0 saturated heterocycles. The fourth-order valence-corrected chi connectivity index (χ4v) is 2.55. The Balaban J connectivity index is 2.61. The van der Waals surface area contributed by atoms with Gasteiger partial charge in [0.05, 0.1) is 0 Å². The van der Waals surface area contributed by atoms with Crippen LogP contribution in [0.1, 0.15) is 44.2 Å². The minimum Gasteiger partial charge on any atom is -0.324 e. The van der Waals surface area contributed by atoms with Crippen molar-refractivity contribution in [3.05, 3.63) is 33.3 Å². The second-order valence-corrected chi connectivity index (χ2v) is 5.06. The van der Waals surface area contributed by atoms with Crippen molar-refractivity contribution >= 4 is 27.5 Å². The van der Waals surface area contributed by atoms with Gasteiger partial charge in [0.25, 0.3) is 0 Å². The molecule has 0 aliphatic heterocycles. The Morgan fingerprint density at radius 2 is 2.13 bits per heavy atom. The fourth-order valence-electron chi connectivity index (χ4n) is 1.57. The summed E-state index contributed by atoms with van der Waals surface area (Å²) < 4.78 is 1.01. The molecule has 0 amide bonds. The Hall–Kier alpha value is -0.0500. The smallest absolute Gasteiger partial charge is 0.0417 e. The standard InChI is InChI=1S/C12H17BrClN/c1-2-3-4-5-12(15)10-7-6-9(14)8-11(10)13/h6-8,12H,2-5,15H2,1H3/t12-/m1/s1. The van der Waals surface area contributed by atoms with Gasteiger partial charge in [0, 0.05) is 15.5 Å². The molecule has 1 nitrogen and oxygen atoms in total. The van der Waals surface area contributed by atoms with Crippen molar-refractivity contribution in [2.45, 2.75) is 38.6 Å². The van der Waals surface area contributed by atoms with Gasteiger partial charge in [-0.2, -0.15) is 0 Å². The molecule has 0 radical (unpaired) electrons. The lowest BCUT2D eigenvalue weighted by atomic mass is 10.0. The van der Waals surface area contributed by atoms with Gasteiger partial charge in [0.2, 0.25) is 0 Å². The molecule has 1 aromatic rings. The van der Waals surface area contributed by atoms with Gasteiger partial charge >= 0.3 is 0 Å². The number of halogens is 2. The number of unbranched alkanes of at least 4 members (excludes halogenated alkanes) is 2. The monoisotopic (exact) mass is 289 g/mol. The molecule has 0 aromatic heterocycles. The average Bonchev–Trinajstić information content (AvgIpc) is 2.17. The summed E-state index contributed by atoms with van der Waals surface area (Å²) in [6.07, 6.45) is 4.70. The minimum atomic E-state index is 0.114. The van der Waals surface area contributed by atoms with Crippen LogP contribution in [0, 0.1) is 0 Å². The van der Waals surface area contributed by atoms with Gasteiger partial charge in [-0.1, -0.05) is 59.8 Å². The number of hydrogen-bond donors (Lipinski definition) is 1. The summed E-state index contributed by atoms with van der Waals surface area (Å²) in [4.78, 5) is 0. The quantitative estimate of drug-likeness (QED) is 0.783. The number of benzene rings is 1. The first-order chi connectivity index (χ1) is 7.15. The number of hydrogen-bond acceptors (Lipinski definition) is 1. The van der Waals surface area contributed by atoms with Crippen molar-refractivity contribution < 1.29 is 0 Å². The second kappa shape index (κ2) is 6.51. The zero-order valence-electron chi connectivity index (χ0n) is 8.97. The van der Waals surface area contributed by atoms with Crippen molar-refractivity contribution in [3.8, 4) is 0 Å². The molecule has 1 aromatic carbocycles. The van der Waals surface area contributed by atoms with E-state index in [9.17, 15) is 0 Å². The summed E-state index contributed by atoms with van der Waals surface area (Å²) in [5, 5.41) is 0.742. The summed E-state index contributed by atoms with van der Waals surface area (Å²) in [5.41, 5.74) is 7.26. The van der Waals surface area contributed by atoms with Crippen LogP contribution < -0.4 is 5.73 Å². The Morgan fingerprint density at radius 3 is 2.73 bits per heavy atom. The van der Waals surface area contributed by atoms with E-state index in [4.69, 9.17) is 17.3 Å². The summed E-state index contributed by atoms with van der Waals surface area (Å²) in [6, 6.07) is 5.91. The van der Waals surface area contributed by atoms with E-state index in [-0.39, 0.29) is 6.04 Å². The molecule has 84 valence electrons. The summed E-state index contributed by atoms with van der Waals surface area (Å²) in [6.45, 7) is 2.20. The van der Waals surface area contributed by atoms with Crippen LogP contribution in [-0.2, 0) is 0 Å². The van der Waals surface area contributed by atoms with Crippen LogP contribution in [0.3, 0.4) is 0 Å². The van der Waals surface area contributed by atoms with E-state index in [0.29, 0.717) is 0 Å².